The molecule has 3 aromatic rings. The summed E-state index contributed by atoms with van der Waals surface area (Å²) in [6.45, 7) is 11.1. The van der Waals surface area contributed by atoms with Crippen molar-refractivity contribution >= 4 is 56.2 Å². The Morgan fingerprint density at radius 1 is 1.12 bits per heavy atom. The Morgan fingerprint density at radius 3 is 2.42 bits per heavy atom. The maximum atomic E-state index is 14.5. The third-order valence-corrected chi connectivity index (χ3v) is 12.2. The average Bonchev–Trinajstić information content (AvgIpc) is 3.97. The Bertz CT molecular complexity index is 1980. The predicted molar refractivity (Wildman–Crippen MR) is 195 cm³/mol. The lowest BCUT2D eigenvalue weighted by atomic mass is 9.85. The third kappa shape index (κ3) is 7.77. The number of ether oxygens (including phenoxy) is 2. The summed E-state index contributed by atoms with van der Waals surface area (Å²) in [6.07, 6.45) is 1.62. The molecule has 0 radical (unpaired) electrons. The summed E-state index contributed by atoms with van der Waals surface area (Å²) in [7, 11) is -3.90. The zero-order valence-electron chi connectivity index (χ0n) is 29.6. The molecule has 52 heavy (non-hydrogen) atoms. The van der Waals surface area contributed by atoms with Crippen LogP contribution < -0.4 is 20.1 Å². The molecule has 0 bridgehead atoms. The van der Waals surface area contributed by atoms with E-state index in [0.717, 1.165) is 4.88 Å². The summed E-state index contributed by atoms with van der Waals surface area (Å²) in [4.78, 5) is 66.7. The lowest BCUT2D eigenvalue weighted by molar-refractivity contribution is -0.142. The van der Waals surface area contributed by atoms with Crippen molar-refractivity contribution in [2.24, 2.45) is 11.3 Å². The summed E-state index contributed by atoms with van der Waals surface area (Å²) in [5.41, 5.74) is -0.593. The lowest BCUT2D eigenvalue weighted by Gasteiger charge is -2.35. The molecule has 16 heteroatoms. The molecule has 0 spiro atoms. The number of para-hydroxylation sites is 2. The van der Waals surface area contributed by atoms with Gasteiger partial charge in [-0.25, -0.2) is 23.2 Å². The van der Waals surface area contributed by atoms with Crippen LogP contribution in [0.1, 0.15) is 59.8 Å². The number of fused-ring (bicyclic) bond motifs is 1. The second-order valence-electron chi connectivity index (χ2n) is 14.6. The highest BCUT2D eigenvalue weighted by atomic mass is 32.2. The molecule has 3 aliphatic rings. The molecule has 2 saturated carbocycles. The van der Waals surface area contributed by atoms with E-state index in [1.54, 1.807) is 20.8 Å². The van der Waals surface area contributed by atoms with Gasteiger partial charge in [-0.15, -0.1) is 17.9 Å². The van der Waals surface area contributed by atoms with Crippen LogP contribution in [0.3, 0.4) is 0 Å². The largest absolute Gasteiger partial charge is 0.471 e. The van der Waals surface area contributed by atoms with Crippen LogP contribution >= 0.6 is 11.3 Å². The molecule has 6 rings (SSSR count). The minimum absolute atomic E-state index is 0.00390. The van der Waals surface area contributed by atoms with Gasteiger partial charge in [-0.2, -0.15) is 0 Å². The van der Waals surface area contributed by atoms with E-state index in [-0.39, 0.29) is 31.9 Å². The number of nitrogens with zero attached hydrogens (tertiary/aromatic N) is 3. The van der Waals surface area contributed by atoms with Crippen molar-refractivity contribution in [3.63, 3.8) is 0 Å². The molecule has 3 N–H and O–H groups in total. The first-order chi connectivity index (χ1) is 24.7. The van der Waals surface area contributed by atoms with E-state index < -0.39 is 74.1 Å². The minimum Gasteiger partial charge on any atom is -0.471 e. The van der Waals surface area contributed by atoms with Crippen molar-refractivity contribution < 1.29 is 37.1 Å². The van der Waals surface area contributed by atoms with Crippen LogP contribution in [0.5, 0.6) is 5.88 Å². The number of hydrogen-bond acceptors (Lipinski definition) is 11. The zero-order chi connectivity index (χ0) is 37.4. The highest BCUT2D eigenvalue weighted by Gasteiger charge is 2.62. The molecule has 1 unspecified atom stereocenters. The fourth-order valence-electron chi connectivity index (χ4n) is 6.36. The van der Waals surface area contributed by atoms with E-state index in [0.29, 0.717) is 36.0 Å². The first-order valence-electron chi connectivity index (χ1n) is 17.4. The molecule has 3 heterocycles. The van der Waals surface area contributed by atoms with Gasteiger partial charge in [-0.3, -0.25) is 19.1 Å². The number of alkyl carbamates (subject to hydrolysis) is 1. The third-order valence-electron chi connectivity index (χ3n) is 9.48. The van der Waals surface area contributed by atoms with Gasteiger partial charge < -0.3 is 25.0 Å². The van der Waals surface area contributed by atoms with Crippen molar-refractivity contribution in [2.75, 3.05) is 13.2 Å². The average molecular weight is 753 g/mol. The number of aromatic nitrogens is 2. The van der Waals surface area contributed by atoms with Crippen molar-refractivity contribution in [2.45, 2.75) is 88.8 Å². The van der Waals surface area contributed by atoms with Crippen LogP contribution in [-0.4, -0.2) is 89.2 Å². The van der Waals surface area contributed by atoms with Gasteiger partial charge in [0.15, 0.2) is 0 Å². The molecular formula is C36H44N6O8S2. The standard InChI is InChI=1S/C36H44N6O8S2/c1-6-16-49-34(46)39-29(35(3,4)5)32(44)42-20-22(50-31-28(27-13-10-17-51-27)37-24-11-8-9-12-25(24)38-31)18-26(42)30(43)40-36(19-21(36)7-2)33(45)41-52(47,48)23-14-15-23/h7-13,17,21-23,26,29H,2,6,14-16,18-20H2,1,3-5H3,(H,39,46)(H,40,43)(H,41,45)/t21-,22-,26+,29-,36?/m1/s1. The van der Waals surface area contributed by atoms with Crippen LogP contribution in [0.15, 0.2) is 54.4 Å². The van der Waals surface area contributed by atoms with Gasteiger partial charge in [0, 0.05) is 12.3 Å². The first-order valence-corrected chi connectivity index (χ1v) is 19.8. The Balaban J connectivity index is 1.31. The molecule has 4 amide bonds. The molecule has 278 valence electrons. The number of nitrogens with one attached hydrogen (secondary N) is 3. The number of carbonyl (C=O) groups excluding carboxylic acids is 4. The second kappa shape index (κ2) is 14.5. The fourth-order valence-corrected chi connectivity index (χ4v) is 8.43. The Hall–Kier alpha value is -4.57. The lowest BCUT2D eigenvalue weighted by Crippen LogP contribution is -2.60. The van der Waals surface area contributed by atoms with Crippen molar-refractivity contribution in [1.29, 1.82) is 0 Å². The predicted octanol–water partition coefficient (Wildman–Crippen LogP) is 3.93. The van der Waals surface area contributed by atoms with E-state index in [9.17, 15) is 27.6 Å². The smallest absolute Gasteiger partial charge is 0.407 e. The van der Waals surface area contributed by atoms with Gasteiger partial charge >= 0.3 is 6.09 Å². The molecule has 1 aliphatic heterocycles. The Labute approximate surface area is 306 Å². The molecule has 1 saturated heterocycles. The van der Waals surface area contributed by atoms with Crippen LogP contribution in [0.25, 0.3) is 21.6 Å². The maximum absolute atomic E-state index is 14.5. The van der Waals surface area contributed by atoms with Crippen LogP contribution in [-0.2, 0) is 29.1 Å². The number of rotatable bonds is 13. The number of hydrogen-bond donors (Lipinski definition) is 3. The van der Waals surface area contributed by atoms with Crippen molar-refractivity contribution in [3.8, 4) is 16.5 Å². The van der Waals surface area contributed by atoms with Gasteiger partial charge in [0.05, 0.1) is 34.3 Å². The van der Waals surface area contributed by atoms with Crippen LogP contribution in [0.4, 0.5) is 4.79 Å². The molecule has 2 aliphatic carbocycles. The summed E-state index contributed by atoms with van der Waals surface area (Å²) in [5, 5.41) is 6.74. The van der Waals surface area contributed by atoms with Crippen molar-refractivity contribution in [1.82, 2.24) is 30.2 Å². The zero-order valence-corrected chi connectivity index (χ0v) is 31.2. The number of thiophene rings is 1. The first kappa shape index (κ1) is 37.2. The normalized spacial score (nSPS) is 23.4. The molecule has 14 nitrogen and oxygen atoms in total. The highest BCUT2D eigenvalue weighted by molar-refractivity contribution is 7.91. The number of benzene rings is 1. The number of likely N-dealkylation sites (tertiary alicyclic amines) is 1. The summed E-state index contributed by atoms with van der Waals surface area (Å²) >= 11 is 1.46. The Morgan fingerprint density at radius 2 is 1.83 bits per heavy atom. The molecule has 5 atom stereocenters. The van der Waals surface area contributed by atoms with E-state index in [1.165, 1.54) is 22.3 Å². The van der Waals surface area contributed by atoms with Gasteiger partial charge in [-0.1, -0.05) is 52.0 Å². The van der Waals surface area contributed by atoms with E-state index in [4.69, 9.17) is 19.4 Å². The molecule has 1 aromatic carbocycles. The number of sulfonamides is 1. The number of amides is 4. The molecular weight excluding hydrogens is 709 g/mol. The van der Waals surface area contributed by atoms with E-state index >= 15 is 0 Å². The van der Waals surface area contributed by atoms with Gasteiger partial charge in [-0.05, 0) is 54.7 Å². The Kier molecular flexibility index (Phi) is 10.3. The second-order valence-corrected chi connectivity index (χ2v) is 17.5. The summed E-state index contributed by atoms with van der Waals surface area (Å²) < 4.78 is 39.3. The van der Waals surface area contributed by atoms with E-state index in [2.05, 4.69) is 21.9 Å². The van der Waals surface area contributed by atoms with Crippen molar-refractivity contribution in [3.05, 3.63) is 54.4 Å². The van der Waals surface area contributed by atoms with Gasteiger partial charge in [0.25, 0.3) is 5.91 Å². The fraction of sp³-hybridized carbons (Fsp3) is 0.500. The van der Waals surface area contributed by atoms with Crippen LogP contribution in [0.2, 0.25) is 0 Å². The van der Waals surface area contributed by atoms with E-state index in [1.807, 2.05) is 48.7 Å². The van der Waals surface area contributed by atoms with Gasteiger partial charge in [0.2, 0.25) is 27.7 Å². The maximum Gasteiger partial charge on any atom is 0.407 e. The minimum atomic E-state index is -3.90. The molecule has 2 aromatic heterocycles. The van der Waals surface area contributed by atoms with Gasteiger partial charge in [0.1, 0.15) is 29.4 Å². The summed E-state index contributed by atoms with van der Waals surface area (Å²) in [6, 6.07) is 8.88. The monoisotopic (exact) mass is 752 g/mol. The quantitative estimate of drug-likeness (QED) is 0.216. The topological polar surface area (TPSA) is 186 Å². The highest BCUT2D eigenvalue weighted by Crippen LogP contribution is 2.45. The molecule has 3 fully saturated rings. The van der Waals surface area contributed by atoms with Crippen LogP contribution in [0, 0.1) is 11.3 Å². The summed E-state index contributed by atoms with van der Waals surface area (Å²) in [5.74, 6) is -2.38. The SMILES string of the molecule is C=C[C@@H]1CC1(NC(=O)[C@@H]1C[C@@H](Oc2nc3ccccc3nc2-c2cccs2)CN1C(=O)[C@@H](NC(=O)OCCC)C(C)(C)C)C(=O)NS(=O)(=O)C1CC1. The number of carbonyl (C=O) groups is 4.